The molecule has 5 aliphatic rings. The van der Waals surface area contributed by atoms with Crippen LogP contribution in [-0.2, 0) is 9.59 Å². The predicted octanol–water partition coefficient (Wildman–Crippen LogP) is 6.27. The molecular formula is C30H46O4. The van der Waals surface area contributed by atoms with E-state index in [2.05, 4.69) is 54.5 Å². The van der Waals surface area contributed by atoms with Crippen LogP contribution in [0.3, 0.4) is 0 Å². The average Bonchev–Trinajstić information content (AvgIpc) is 2.74. The summed E-state index contributed by atoms with van der Waals surface area (Å²) in [7, 11) is 0. The highest BCUT2D eigenvalue weighted by Gasteiger charge is 2.69. The van der Waals surface area contributed by atoms with Crippen molar-refractivity contribution in [2.24, 2.45) is 56.7 Å². The summed E-state index contributed by atoms with van der Waals surface area (Å²) in [5.41, 5.74) is 1.24. The van der Waals surface area contributed by atoms with Gasteiger partial charge in [0.25, 0.3) is 0 Å². The summed E-state index contributed by atoms with van der Waals surface area (Å²) in [5.74, 6) is 0.291. The summed E-state index contributed by atoms with van der Waals surface area (Å²) < 4.78 is 0. The third kappa shape index (κ3) is 2.75. The van der Waals surface area contributed by atoms with Gasteiger partial charge in [-0.05, 0) is 84.9 Å². The largest absolute Gasteiger partial charge is 0.481 e. The maximum absolute atomic E-state index is 12.9. The van der Waals surface area contributed by atoms with Crippen LogP contribution in [0.5, 0.6) is 0 Å². The lowest BCUT2D eigenvalue weighted by atomic mass is 9.33. The number of aliphatic carboxylic acids is 1. The first kappa shape index (κ1) is 24.5. The fourth-order valence-corrected chi connectivity index (χ4v) is 10.8. The van der Waals surface area contributed by atoms with Crippen molar-refractivity contribution in [2.45, 2.75) is 106 Å². The first-order chi connectivity index (χ1) is 15.6. The van der Waals surface area contributed by atoms with Crippen LogP contribution in [0.4, 0.5) is 0 Å². The van der Waals surface area contributed by atoms with Gasteiger partial charge in [-0.2, -0.15) is 0 Å². The first-order valence-electron chi connectivity index (χ1n) is 13.8. The monoisotopic (exact) mass is 470 g/mol. The Morgan fingerprint density at radius 1 is 0.971 bits per heavy atom. The average molecular weight is 471 g/mol. The van der Waals surface area contributed by atoms with Crippen molar-refractivity contribution >= 4 is 11.8 Å². The number of aliphatic hydroxyl groups excluding tert-OH is 1. The molecule has 0 aromatic rings. The number of aliphatic hydroxyl groups is 1. The van der Waals surface area contributed by atoms with Crippen LogP contribution in [-0.4, -0.2) is 28.1 Å². The Hall–Kier alpha value is -1.16. The number of ketones is 1. The van der Waals surface area contributed by atoms with E-state index in [1.807, 2.05) is 0 Å². The lowest BCUT2D eigenvalue weighted by molar-refractivity contribution is -0.194. The van der Waals surface area contributed by atoms with Crippen LogP contribution < -0.4 is 0 Å². The summed E-state index contributed by atoms with van der Waals surface area (Å²) in [5, 5.41) is 21.2. The van der Waals surface area contributed by atoms with Crippen molar-refractivity contribution < 1.29 is 19.8 Å². The molecule has 34 heavy (non-hydrogen) atoms. The van der Waals surface area contributed by atoms with Gasteiger partial charge in [0.05, 0.1) is 12.0 Å². The molecule has 5 aliphatic carbocycles. The molecule has 0 saturated heterocycles. The van der Waals surface area contributed by atoms with E-state index in [1.165, 1.54) is 5.57 Å². The van der Waals surface area contributed by atoms with E-state index in [9.17, 15) is 19.8 Å². The molecule has 2 N–H and O–H groups in total. The number of allylic oxidation sites excluding steroid dienone is 2. The molecule has 4 heteroatoms. The van der Waals surface area contributed by atoms with E-state index < -0.39 is 18.0 Å². The van der Waals surface area contributed by atoms with E-state index in [0.717, 1.165) is 38.5 Å². The fourth-order valence-electron chi connectivity index (χ4n) is 10.8. The van der Waals surface area contributed by atoms with E-state index in [1.54, 1.807) is 0 Å². The number of hydrogen-bond donors (Lipinski definition) is 2. The maximum atomic E-state index is 12.9. The standard InChI is InChI=1S/C30H46O4/c1-17-18(25(33)34)16-23(32)28(5)14-15-29(6)19(24(17)28)8-9-21-27(4)12-11-22(31)26(2,3)20(27)10-13-30(21,29)7/h8,17-18,20-21,23-24,32H,9-16H2,1-7H3,(H,33,34)/t17-,18+,20-,21+,23?,24-,27-,28-,29+,30+/m0/s1. The molecule has 4 fully saturated rings. The molecule has 190 valence electrons. The normalized spacial score (nSPS) is 54.1. The molecule has 10 atom stereocenters. The molecule has 1 unspecified atom stereocenters. The topological polar surface area (TPSA) is 74.6 Å². The lowest BCUT2D eigenvalue weighted by Crippen LogP contribution is -2.65. The van der Waals surface area contributed by atoms with Gasteiger partial charge in [-0.1, -0.05) is 60.1 Å². The van der Waals surface area contributed by atoms with Gasteiger partial charge in [-0.15, -0.1) is 0 Å². The Morgan fingerprint density at radius 2 is 1.65 bits per heavy atom. The van der Waals surface area contributed by atoms with Crippen LogP contribution in [0, 0.1) is 56.7 Å². The predicted molar refractivity (Wildman–Crippen MR) is 133 cm³/mol. The van der Waals surface area contributed by atoms with E-state index in [0.29, 0.717) is 30.5 Å². The molecule has 0 amide bonds. The van der Waals surface area contributed by atoms with Crippen LogP contribution in [0.2, 0.25) is 0 Å². The minimum atomic E-state index is -0.761. The van der Waals surface area contributed by atoms with Crippen molar-refractivity contribution in [3.63, 3.8) is 0 Å². The van der Waals surface area contributed by atoms with Crippen molar-refractivity contribution in [3.05, 3.63) is 11.6 Å². The highest BCUT2D eigenvalue weighted by molar-refractivity contribution is 5.85. The summed E-state index contributed by atoms with van der Waals surface area (Å²) in [4.78, 5) is 25.1. The molecule has 4 nitrogen and oxygen atoms in total. The van der Waals surface area contributed by atoms with Crippen molar-refractivity contribution in [1.82, 2.24) is 0 Å². The Balaban J connectivity index is 1.60. The molecule has 0 aromatic heterocycles. The summed E-state index contributed by atoms with van der Waals surface area (Å²) >= 11 is 0. The van der Waals surface area contributed by atoms with Crippen LogP contribution >= 0.6 is 0 Å². The summed E-state index contributed by atoms with van der Waals surface area (Å²) in [6.07, 6.45) is 9.26. The number of fused-ring (bicyclic) bond motifs is 7. The second-order valence-electron chi connectivity index (χ2n) is 14.5. The zero-order chi connectivity index (χ0) is 25.1. The highest BCUT2D eigenvalue weighted by Crippen LogP contribution is 2.75. The van der Waals surface area contributed by atoms with Crippen molar-refractivity contribution in [1.29, 1.82) is 0 Å². The summed E-state index contributed by atoms with van der Waals surface area (Å²) in [6, 6.07) is 0. The van der Waals surface area contributed by atoms with E-state index in [4.69, 9.17) is 0 Å². The third-order valence-corrected chi connectivity index (χ3v) is 13.2. The second kappa shape index (κ2) is 7.20. The number of carboxylic acid groups (broad SMARTS) is 1. The SMILES string of the molecule is C[C@@H]1[C@H]2C3=CC[C@@H]4[C@@]5(C)CCC(=O)C(C)(C)[C@@H]5CC[C@@]4(C)[C@]3(C)CC[C@@]2(C)C(O)C[C@H]1C(=O)O. The number of rotatable bonds is 1. The molecule has 0 aromatic carbocycles. The zero-order valence-corrected chi connectivity index (χ0v) is 22.4. The van der Waals surface area contributed by atoms with E-state index >= 15 is 0 Å². The molecule has 0 radical (unpaired) electrons. The fraction of sp³-hybridized carbons (Fsp3) is 0.867. The molecule has 5 rings (SSSR count). The van der Waals surface area contributed by atoms with Crippen molar-refractivity contribution in [2.75, 3.05) is 0 Å². The molecule has 4 saturated carbocycles. The maximum Gasteiger partial charge on any atom is 0.306 e. The lowest BCUT2D eigenvalue weighted by Gasteiger charge is -2.71. The van der Waals surface area contributed by atoms with Crippen LogP contribution in [0.15, 0.2) is 11.6 Å². The van der Waals surface area contributed by atoms with Gasteiger partial charge in [0, 0.05) is 17.3 Å². The zero-order valence-electron chi connectivity index (χ0n) is 22.4. The molecule has 0 spiro atoms. The Labute approximate surface area is 206 Å². The van der Waals surface area contributed by atoms with Gasteiger partial charge in [-0.25, -0.2) is 0 Å². The van der Waals surface area contributed by atoms with E-state index in [-0.39, 0.29) is 38.9 Å². The number of carbonyl (C=O) groups is 2. The minimum absolute atomic E-state index is 0.00798. The van der Waals surface area contributed by atoms with Crippen LogP contribution in [0.25, 0.3) is 0 Å². The number of Topliss-reactive ketones (excluding diaryl/α,β-unsaturated/α-hetero) is 1. The second-order valence-corrected chi connectivity index (χ2v) is 14.5. The number of carbonyl (C=O) groups excluding carboxylic acids is 1. The number of carboxylic acids is 1. The number of hydrogen-bond acceptors (Lipinski definition) is 3. The third-order valence-electron chi connectivity index (χ3n) is 13.2. The highest BCUT2D eigenvalue weighted by atomic mass is 16.4. The van der Waals surface area contributed by atoms with Gasteiger partial charge < -0.3 is 10.2 Å². The van der Waals surface area contributed by atoms with Gasteiger partial charge in [0.2, 0.25) is 0 Å². The minimum Gasteiger partial charge on any atom is -0.481 e. The van der Waals surface area contributed by atoms with Gasteiger partial charge >= 0.3 is 5.97 Å². The van der Waals surface area contributed by atoms with Gasteiger partial charge in [0.1, 0.15) is 5.78 Å². The quantitative estimate of drug-likeness (QED) is 0.443. The van der Waals surface area contributed by atoms with Crippen LogP contribution in [0.1, 0.15) is 99.8 Å². The smallest absolute Gasteiger partial charge is 0.306 e. The molecule has 0 bridgehead atoms. The Bertz CT molecular complexity index is 949. The van der Waals surface area contributed by atoms with Crippen molar-refractivity contribution in [3.8, 4) is 0 Å². The van der Waals surface area contributed by atoms with Gasteiger partial charge in [0.15, 0.2) is 0 Å². The Kier molecular flexibility index (Phi) is 5.20. The molecule has 0 heterocycles. The Morgan fingerprint density at radius 3 is 2.29 bits per heavy atom. The summed E-state index contributed by atoms with van der Waals surface area (Å²) in [6.45, 7) is 16.2. The van der Waals surface area contributed by atoms with Gasteiger partial charge in [-0.3, -0.25) is 9.59 Å². The molecule has 0 aliphatic heterocycles. The molecular weight excluding hydrogens is 424 g/mol. The first-order valence-corrected chi connectivity index (χ1v) is 13.8.